The first-order valence-electron chi connectivity index (χ1n) is 5.69. The number of hydrogen-bond donors (Lipinski definition) is 1. The Hall–Kier alpha value is -0.800. The van der Waals surface area contributed by atoms with Gasteiger partial charge in [-0.2, -0.15) is 0 Å². The highest BCUT2D eigenvalue weighted by molar-refractivity contribution is 6.30. The molecule has 3 nitrogen and oxygen atoms in total. The monoisotopic (exact) mass is 272 g/mol. The Labute approximate surface area is 111 Å². The summed E-state index contributed by atoms with van der Waals surface area (Å²) in [5.41, 5.74) is 0.398. The third kappa shape index (κ3) is 3.58. The minimum absolute atomic E-state index is 0.153. The summed E-state index contributed by atoms with van der Waals surface area (Å²) in [6.45, 7) is 0.673. The summed E-state index contributed by atoms with van der Waals surface area (Å²) in [4.78, 5) is 15.7. The average molecular weight is 273 g/mol. The van der Waals surface area contributed by atoms with Gasteiger partial charge < -0.3 is 5.32 Å². The van der Waals surface area contributed by atoms with Gasteiger partial charge in [0.2, 0.25) is 0 Å². The van der Waals surface area contributed by atoms with E-state index in [0.717, 1.165) is 19.3 Å². The van der Waals surface area contributed by atoms with Crippen LogP contribution < -0.4 is 5.32 Å². The molecular weight excluding hydrogens is 259 g/mol. The van der Waals surface area contributed by atoms with Crippen LogP contribution in [0.25, 0.3) is 0 Å². The van der Waals surface area contributed by atoms with E-state index in [1.807, 2.05) is 0 Å². The van der Waals surface area contributed by atoms with Crippen molar-refractivity contribution < 1.29 is 4.79 Å². The van der Waals surface area contributed by atoms with Crippen molar-refractivity contribution in [3.63, 3.8) is 0 Å². The second kappa shape index (κ2) is 5.69. The van der Waals surface area contributed by atoms with Gasteiger partial charge in [-0.05, 0) is 37.3 Å². The summed E-state index contributed by atoms with van der Waals surface area (Å²) in [5, 5.41) is 3.68. The van der Waals surface area contributed by atoms with Crippen molar-refractivity contribution in [2.75, 3.05) is 6.54 Å². The van der Waals surface area contributed by atoms with E-state index in [1.165, 1.54) is 6.20 Å². The fourth-order valence-electron chi connectivity index (χ4n) is 2.04. The minimum Gasteiger partial charge on any atom is -0.350 e. The number of nitrogens with zero attached hydrogens (tertiary/aromatic N) is 1. The molecular formula is C12H14Cl2N2O. The zero-order valence-corrected chi connectivity index (χ0v) is 10.8. The molecule has 0 spiro atoms. The molecule has 0 radical (unpaired) electrons. The van der Waals surface area contributed by atoms with Gasteiger partial charge in [-0.1, -0.05) is 11.6 Å². The van der Waals surface area contributed by atoms with Gasteiger partial charge in [0.25, 0.3) is 5.91 Å². The van der Waals surface area contributed by atoms with Crippen molar-refractivity contribution in [2.24, 2.45) is 5.92 Å². The largest absolute Gasteiger partial charge is 0.350 e. The molecule has 92 valence electrons. The Morgan fingerprint density at radius 2 is 2.29 bits per heavy atom. The van der Waals surface area contributed by atoms with Crippen LogP contribution in [-0.2, 0) is 0 Å². The van der Waals surface area contributed by atoms with Gasteiger partial charge in [-0.15, -0.1) is 11.6 Å². The highest BCUT2D eigenvalue weighted by Gasteiger charge is 2.23. The highest BCUT2D eigenvalue weighted by atomic mass is 35.5. The van der Waals surface area contributed by atoms with Crippen LogP contribution >= 0.6 is 23.2 Å². The lowest BCUT2D eigenvalue weighted by Crippen LogP contribution is -2.29. The minimum atomic E-state index is -0.153. The van der Waals surface area contributed by atoms with Crippen LogP contribution in [0, 0.1) is 5.92 Å². The molecule has 2 atom stereocenters. The Balaban J connectivity index is 1.83. The maximum absolute atomic E-state index is 11.7. The Morgan fingerprint density at radius 3 is 2.88 bits per heavy atom. The van der Waals surface area contributed by atoms with Crippen molar-refractivity contribution >= 4 is 29.1 Å². The molecule has 1 aromatic rings. The summed E-state index contributed by atoms with van der Waals surface area (Å²) in [6, 6.07) is 3.28. The zero-order valence-electron chi connectivity index (χ0n) is 9.33. The maximum atomic E-state index is 11.7. The second-order valence-corrected chi connectivity index (χ2v) is 5.40. The summed E-state index contributed by atoms with van der Waals surface area (Å²) in [6.07, 6.45) is 4.58. The van der Waals surface area contributed by atoms with E-state index >= 15 is 0 Å². The Morgan fingerprint density at radius 1 is 1.47 bits per heavy atom. The van der Waals surface area contributed by atoms with Crippen LogP contribution in [0.4, 0.5) is 0 Å². The van der Waals surface area contributed by atoms with E-state index in [0.29, 0.717) is 23.2 Å². The molecule has 1 heterocycles. The molecule has 0 saturated heterocycles. The van der Waals surface area contributed by atoms with E-state index in [2.05, 4.69) is 10.3 Å². The van der Waals surface area contributed by atoms with Gasteiger partial charge in [0.15, 0.2) is 0 Å². The van der Waals surface area contributed by atoms with E-state index in [4.69, 9.17) is 23.2 Å². The average Bonchev–Trinajstić information content (AvgIpc) is 2.73. The van der Waals surface area contributed by atoms with Gasteiger partial charge in [0, 0.05) is 18.1 Å². The number of halogens is 2. The molecule has 1 aliphatic rings. The summed E-state index contributed by atoms with van der Waals surface area (Å²) >= 11 is 11.7. The zero-order chi connectivity index (χ0) is 12.3. The van der Waals surface area contributed by atoms with Gasteiger partial charge in [0.05, 0.1) is 5.02 Å². The van der Waals surface area contributed by atoms with E-state index in [1.54, 1.807) is 12.1 Å². The van der Waals surface area contributed by atoms with Crippen LogP contribution in [0.2, 0.25) is 5.02 Å². The molecule has 1 fully saturated rings. The van der Waals surface area contributed by atoms with Crippen LogP contribution in [-0.4, -0.2) is 22.8 Å². The van der Waals surface area contributed by atoms with Crippen LogP contribution in [0.15, 0.2) is 18.3 Å². The van der Waals surface area contributed by atoms with Gasteiger partial charge in [-0.25, -0.2) is 4.98 Å². The molecule has 17 heavy (non-hydrogen) atoms. The molecule has 0 aromatic carbocycles. The highest BCUT2D eigenvalue weighted by Crippen LogP contribution is 2.28. The van der Waals surface area contributed by atoms with E-state index in [-0.39, 0.29) is 11.3 Å². The topological polar surface area (TPSA) is 42.0 Å². The van der Waals surface area contributed by atoms with Crippen molar-refractivity contribution in [2.45, 2.75) is 24.6 Å². The van der Waals surface area contributed by atoms with Gasteiger partial charge in [0.1, 0.15) is 5.69 Å². The smallest absolute Gasteiger partial charge is 0.269 e. The lowest BCUT2D eigenvalue weighted by atomic mass is 10.1. The number of hydrogen-bond acceptors (Lipinski definition) is 2. The maximum Gasteiger partial charge on any atom is 0.269 e. The second-order valence-electron chi connectivity index (χ2n) is 4.35. The first-order valence-corrected chi connectivity index (χ1v) is 6.50. The molecule has 1 aliphatic carbocycles. The molecule has 0 aliphatic heterocycles. The van der Waals surface area contributed by atoms with Crippen molar-refractivity contribution in [1.82, 2.24) is 10.3 Å². The third-order valence-electron chi connectivity index (χ3n) is 2.99. The van der Waals surface area contributed by atoms with Crippen LogP contribution in [0.1, 0.15) is 29.8 Å². The number of rotatable bonds is 3. The SMILES string of the molecule is O=C(NCC1CCC(Cl)C1)c1ccc(Cl)cn1. The number of alkyl halides is 1. The number of carbonyl (C=O) groups excluding carboxylic acids is 1. The van der Waals surface area contributed by atoms with E-state index in [9.17, 15) is 4.79 Å². The molecule has 1 aromatic heterocycles. The molecule has 1 N–H and O–H groups in total. The van der Waals surface area contributed by atoms with Crippen molar-refractivity contribution in [3.8, 4) is 0 Å². The molecule has 1 amide bonds. The van der Waals surface area contributed by atoms with Crippen molar-refractivity contribution in [3.05, 3.63) is 29.0 Å². The fourth-order valence-corrected chi connectivity index (χ4v) is 2.53. The van der Waals surface area contributed by atoms with Crippen LogP contribution in [0.3, 0.4) is 0 Å². The fraction of sp³-hybridized carbons (Fsp3) is 0.500. The Bertz CT molecular complexity index is 394. The first kappa shape index (κ1) is 12.7. The summed E-state index contributed by atoms with van der Waals surface area (Å²) in [7, 11) is 0. The molecule has 2 rings (SSSR count). The first-order chi connectivity index (χ1) is 8.15. The number of nitrogens with one attached hydrogen (secondary N) is 1. The van der Waals surface area contributed by atoms with Crippen LogP contribution in [0.5, 0.6) is 0 Å². The van der Waals surface area contributed by atoms with E-state index < -0.39 is 0 Å². The van der Waals surface area contributed by atoms with Gasteiger partial charge >= 0.3 is 0 Å². The predicted octanol–water partition coefficient (Wildman–Crippen LogP) is 2.87. The lowest BCUT2D eigenvalue weighted by molar-refractivity contribution is 0.0942. The molecule has 1 saturated carbocycles. The number of aromatic nitrogens is 1. The lowest BCUT2D eigenvalue weighted by Gasteiger charge is -2.10. The number of pyridine rings is 1. The summed E-state index contributed by atoms with van der Waals surface area (Å²) < 4.78 is 0. The number of carbonyl (C=O) groups is 1. The van der Waals surface area contributed by atoms with Crippen molar-refractivity contribution in [1.29, 1.82) is 0 Å². The molecule has 0 bridgehead atoms. The van der Waals surface area contributed by atoms with Gasteiger partial charge in [-0.3, -0.25) is 4.79 Å². The third-order valence-corrected chi connectivity index (χ3v) is 3.61. The normalized spacial score (nSPS) is 23.6. The molecule has 2 unspecified atom stereocenters. The Kier molecular flexibility index (Phi) is 4.24. The summed E-state index contributed by atoms with van der Waals surface area (Å²) in [5.74, 6) is 0.341. The molecule has 5 heteroatoms. The predicted molar refractivity (Wildman–Crippen MR) is 68.6 cm³/mol. The quantitative estimate of drug-likeness (QED) is 0.860. The standard InChI is InChI=1S/C12H14Cl2N2O/c13-9-2-1-8(5-9)6-16-12(17)11-4-3-10(14)7-15-11/h3-4,7-9H,1-2,5-6H2,(H,16,17). The number of amides is 1.